The Kier molecular flexibility index (Phi) is 1.44. The van der Waals surface area contributed by atoms with Crippen molar-refractivity contribution in [1.29, 1.82) is 0 Å². The van der Waals surface area contributed by atoms with Gasteiger partial charge >= 0.3 is 0 Å². The maximum absolute atomic E-state index is 5.36. The molecule has 0 aromatic heterocycles. The van der Waals surface area contributed by atoms with Gasteiger partial charge < -0.3 is 4.74 Å². The third-order valence-electron chi connectivity index (χ3n) is 2.23. The fourth-order valence-electron chi connectivity index (χ4n) is 1.75. The Balaban J connectivity index is 1.96. The quantitative estimate of drug-likeness (QED) is 0.474. The molecule has 2 saturated heterocycles. The highest BCUT2D eigenvalue weighted by Crippen LogP contribution is 2.19. The van der Waals surface area contributed by atoms with Gasteiger partial charge in [-0.3, -0.25) is 4.90 Å². The molecule has 2 rings (SSSR count). The average molecular weight is 127 g/mol. The molecule has 2 heterocycles. The van der Waals surface area contributed by atoms with E-state index in [9.17, 15) is 0 Å². The van der Waals surface area contributed by atoms with Gasteiger partial charge in [-0.05, 0) is 18.8 Å². The first-order valence-electron chi connectivity index (χ1n) is 3.75. The largest absolute Gasteiger partial charge is 0.366 e. The van der Waals surface area contributed by atoms with E-state index in [4.69, 9.17) is 4.74 Å². The van der Waals surface area contributed by atoms with Gasteiger partial charge in [0, 0.05) is 13.1 Å². The summed E-state index contributed by atoms with van der Waals surface area (Å²) in [6, 6.07) is 0. The lowest BCUT2D eigenvalue weighted by molar-refractivity contribution is -0.0666. The van der Waals surface area contributed by atoms with Crippen LogP contribution in [0.1, 0.15) is 12.8 Å². The highest BCUT2D eigenvalue weighted by molar-refractivity contribution is 4.73. The Hall–Kier alpha value is -0.0800. The van der Waals surface area contributed by atoms with Crippen molar-refractivity contribution in [2.45, 2.75) is 12.8 Å². The van der Waals surface area contributed by atoms with Gasteiger partial charge in [0.25, 0.3) is 0 Å². The molecule has 2 bridgehead atoms. The zero-order chi connectivity index (χ0) is 6.10. The molecule has 2 fully saturated rings. The first-order valence-corrected chi connectivity index (χ1v) is 3.75. The van der Waals surface area contributed by atoms with Crippen molar-refractivity contribution >= 4 is 0 Å². The first kappa shape index (κ1) is 5.69. The average Bonchev–Trinajstić information content (AvgIpc) is 1.88. The standard InChI is InChI=1S/C7H13NO/c1-2-7-4-8(3-1)6-9-5-7/h7H,1-6H2. The molecular weight excluding hydrogens is 114 g/mol. The number of hydrogen-bond donors (Lipinski definition) is 0. The number of fused-ring (bicyclic) bond motifs is 2. The van der Waals surface area contributed by atoms with Crippen LogP contribution in [0.15, 0.2) is 0 Å². The molecule has 2 heteroatoms. The predicted molar refractivity (Wildman–Crippen MR) is 35.1 cm³/mol. The Morgan fingerprint density at radius 1 is 1.44 bits per heavy atom. The number of hydrogen-bond acceptors (Lipinski definition) is 2. The summed E-state index contributed by atoms with van der Waals surface area (Å²) in [5.41, 5.74) is 0. The molecule has 2 aliphatic rings. The molecule has 2 nitrogen and oxygen atoms in total. The van der Waals surface area contributed by atoms with Crippen molar-refractivity contribution in [1.82, 2.24) is 4.90 Å². The summed E-state index contributed by atoms with van der Waals surface area (Å²) in [7, 11) is 0. The summed E-state index contributed by atoms with van der Waals surface area (Å²) in [4.78, 5) is 2.40. The van der Waals surface area contributed by atoms with Crippen LogP contribution in [0.2, 0.25) is 0 Å². The van der Waals surface area contributed by atoms with E-state index in [0.29, 0.717) is 0 Å². The van der Waals surface area contributed by atoms with Crippen molar-refractivity contribution in [2.24, 2.45) is 5.92 Å². The minimum Gasteiger partial charge on any atom is -0.366 e. The second kappa shape index (κ2) is 2.27. The van der Waals surface area contributed by atoms with Crippen LogP contribution in [-0.4, -0.2) is 31.3 Å². The molecule has 0 aromatic rings. The summed E-state index contributed by atoms with van der Waals surface area (Å²) in [6.45, 7) is 4.45. The maximum Gasteiger partial charge on any atom is 0.0990 e. The molecule has 2 atom stereocenters. The van der Waals surface area contributed by atoms with Gasteiger partial charge in [0.15, 0.2) is 0 Å². The molecule has 2 aliphatic heterocycles. The van der Waals surface area contributed by atoms with Crippen molar-refractivity contribution in [3.63, 3.8) is 0 Å². The summed E-state index contributed by atoms with van der Waals surface area (Å²) >= 11 is 0. The molecule has 0 aromatic carbocycles. The first-order chi connectivity index (χ1) is 4.45. The minimum atomic E-state index is 0.854. The topological polar surface area (TPSA) is 12.5 Å². The summed E-state index contributed by atoms with van der Waals surface area (Å²) in [5, 5.41) is 0. The molecule has 0 radical (unpaired) electrons. The lowest BCUT2D eigenvalue weighted by Crippen LogP contribution is -2.43. The number of piperidine rings is 1. The van der Waals surface area contributed by atoms with E-state index in [-0.39, 0.29) is 0 Å². The van der Waals surface area contributed by atoms with Gasteiger partial charge in [-0.25, -0.2) is 0 Å². The monoisotopic (exact) mass is 127 g/mol. The molecule has 0 aliphatic carbocycles. The highest BCUT2D eigenvalue weighted by Gasteiger charge is 2.23. The second-order valence-electron chi connectivity index (χ2n) is 3.09. The fraction of sp³-hybridized carbons (Fsp3) is 1.00. The van der Waals surface area contributed by atoms with Crippen LogP contribution >= 0.6 is 0 Å². The van der Waals surface area contributed by atoms with E-state index in [1.807, 2.05) is 0 Å². The Morgan fingerprint density at radius 2 is 2.44 bits per heavy atom. The third-order valence-corrected chi connectivity index (χ3v) is 2.23. The van der Waals surface area contributed by atoms with Gasteiger partial charge in [-0.1, -0.05) is 0 Å². The smallest absolute Gasteiger partial charge is 0.0990 e. The van der Waals surface area contributed by atoms with Gasteiger partial charge in [0.05, 0.1) is 13.3 Å². The van der Waals surface area contributed by atoms with Crippen molar-refractivity contribution in [2.75, 3.05) is 26.4 Å². The Labute approximate surface area is 55.8 Å². The van der Waals surface area contributed by atoms with E-state index in [1.165, 1.54) is 25.9 Å². The highest BCUT2D eigenvalue weighted by atomic mass is 16.5. The van der Waals surface area contributed by atoms with Crippen LogP contribution < -0.4 is 0 Å². The van der Waals surface area contributed by atoms with Gasteiger partial charge in [0.1, 0.15) is 0 Å². The Bertz CT molecular complexity index is 85.1. The van der Waals surface area contributed by atoms with Gasteiger partial charge in [-0.15, -0.1) is 0 Å². The lowest BCUT2D eigenvalue weighted by atomic mass is 9.98. The van der Waals surface area contributed by atoms with Crippen LogP contribution in [0, 0.1) is 5.92 Å². The van der Waals surface area contributed by atoms with Crippen LogP contribution in [0.5, 0.6) is 0 Å². The summed E-state index contributed by atoms with van der Waals surface area (Å²) in [5.74, 6) is 0.854. The SMILES string of the molecule is C1CC2COCN(C1)C2. The number of nitrogens with zero attached hydrogens (tertiary/aromatic N) is 1. The fourth-order valence-corrected chi connectivity index (χ4v) is 1.75. The zero-order valence-electron chi connectivity index (χ0n) is 5.68. The summed E-state index contributed by atoms with van der Waals surface area (Å²) in [6.07, 6.45) is 2.77. The van der Waals surface area contributed by atoms with E-state index in [1.54, 1.807) is 0 Å². The van der Waals surface area contributed by atoms with Gasteiger partial charge in [0.2, 0.25) is 0 Å². The lowest BCUT2D eigenvalue weighted by Gasteiger charge is -2.36. The molecule has 0 amide bonds. The third kappa shape index (κ3) is 1.10. The van der Waals surface area contributed by atoms with E-state index < -0.39 is 0 Å². The Morgan fingerprint density at radius 3 is 3.22 bits per heavy atom. The molecule has 0 spiro atoms. The zero-order valence-corrected chi connectivity index (χ0v) is 5.68. The van der Waals surface area contributed by atoms with Crippen molar-refractivity contribution in [3.05, 3.63) is 0 Å². The molecule has 0 saturated carbocycles. The molecule has 0 N–H and O–H groups in total. The summed E-state index contributed by atoms with van der Waals surface area (Å²) < 4.78 is 5.36. The van der Waals surface area contributed by atoms with E-state index in [0.717, 1.165) is 19.3 Å². The van der Waals surface area contributed by atoms with Crippen molar-refractivity contribution in [3.8, 4) is 0 Å². The van der Waals surface area contributed by atoms with Crippen LogP contribution in [0.4, 0.5) is 0 Å². The second-order valence-corrected chi connectivity index (χ2v) is 3.09. The normalized spacial score (nSPS) is 42.7. The van der Waals surface area contributed by atoms with Crippen LogP contribution in [0.3, 0.4) is 0 Å². The molecule has 2 unspecified atom stereocenters. The van der Waals surface area contributed by atoms with Crippen LogP contribution in [-0.2, 0) is 4.74 Å². The van der Waals surface area contributed by atoms with E-state index >= 15 is 0 Å². The van der Waals surface area contributed by atoms with Crippen molar-refractivity contribution < 1.29 is 4.74 Å². The van der Waals surface area contributed by atoms with Crippen LogP contribution in [0.25, 0.3) is 0 Å². The molecule has 9 heavy (non-hydrogen) atoms. The minimum absolute atomic E-state index is 0.854. The maximum atomic E-state index is 5.36. The number of rotatable bonds is 0. The number of ether oxygens (including phenoxy) is 1. The van der Waals surface area contributed by atoms with E-state index in [2.05, 4.69) is 4.90 Å². The predicted octanol–water partition coefficient (Wildman–Crippen LogP) is 0.686. The molecule has 52 valence electrons. The molecular formula is C7H13NO. The van der Waals surface area contributed by atoms with Gasteiger partial charge in [-0.2, -0.15) is 0 Å².